The predicted molar refractivity (Wildman–Crippen MR) is 105 cm³/mol. The normalized spacial score (nSPS) is 11.5. The molecule has 1 aromatic heterocycles. The van der Waals surface area contributed by atoms with E-state index in [2.05, 4.69) is 20.8 Å². The van der Waals surface area contributed by atoms with Gasteiger partial charge in [-0.1, -0.05) is 23.9 Å². The molecule has 1 amide bonds. The number of nitrogens with zero attached hydrogens (tertiary/aromatic N) is 5. The molecule has 142 valence electrons. The summed E-state index contributed by atoms with van der Waals surface area (Å²) >= 11 is 1.24. The molecule has 0 aliphatic rings. The van der Waals surface area contributed by atoms with E-state index >= 15 is 0 Å². The summed E-state index contributed by atoms with van der Waals surface area (Å²) in [6, 6.07) is 16.2. The van der Waals surface area contributed by atoms with Gasteiger partial charge in [-0.25, -0.2) is 0 Å². The van der Waals surface area contributed by atoms with Gasteiger partial charge in [0.15, 0.2) is 0 Å². The molecular weight excluding hydrogens is 376 g/mol. The van der Waals surface area contributed by atoms with Crippen LogP contribution in [0.3, 0.4) is 0 Å². The van der Waals surface area contributed by atoms with Crippen molar-refractivity contribution in [3.05, 3.63) is 54.1 Å². The van der Waals surface area contributed by atoms with E-state index in [0.717, 1.165) is 0 Å². The molecule has 0 spiro atoms. The number of benzene rings is 2. The molecule has 0 saturated heterocycles. The van der Waals surface area contributed by atoms with E-state index < -0.39 is 5.25 Å². The molecule has 0 aliphatic heterocycles. The number of amides is 1. The molecular formula is C19H18N6O2S. The van der Waals surface area contributed by atoms with Crippen molar-refractivity contribution in [3.63, 3.8) is 0 Å². The van der Waals surface area contributed by atoms with Gasteiger partial charge >= 0.3 is 0 Å². The monoisotopic (exact) mass is 394 g/mol. The number of rotatable bonds is 7. The summed E-state index contributed by atoms with van der Waals surface area (Å²) in [6.07, 6.45) is 0. The highest BCUT2D eigenvalue weighted by Crippen LogP contribution is 2.28. The van der Waals surface area contributed by atoms with Crippen molar-refractivity contribution in [2.24, 2.45) is 0 Å². The number of nitriles is 1. The van der Waals surface area contributed by atoms with Crippen LogP contribution in [-0.4, -0.2) is 38.0 Å². The number of carbonyl (C=O) groups excluding carboxylic acids is 1. The number of carbonyl (C=O) groups is 1. The maximum Gasteiger partial charge on any atom is 0.237 e. The highest BCUT2D eigenvalue weighted by molar-refractivity contribution is 8.00. The molecule has 0 radical (unpaired) electrons. The number of ether oxygens (including phenoxy) is 1. The molecule has 3 rings (SSSR count). The number of para-hydroxylation sites is 2. The molecule has 1 N–H and O–H groups in total. The summed E-state index contributed by atoms with van der Waals surface area (Å²) in [6.45, 7) is 4.20. The van der Waals surface area contributed by atoms with E-state index in [1.165, 1.54) is 11.8 Å². The van der Waals surface area contributed by atoms with E-state index in [0.29, 0.717) is 34.5 Å². The number of thioether (sulfide) groups is 1. The van der Waals surface area contributed by atoms with Gasteiger partial charge < -0.3 is 10.1 Å². The van der Waals surface area contributed by atoms with Crippen LogP contribution >= 0.6 is 11.8 Å². The Morgan fingerprint density at radius 2 is 2.04 bits per heavy atom. The smallest absolute Gasteiger partial charge is 0.237 e. The van der Waals surface area contributed by atoms with E-state index in [9.17, 15) is 4.79 Å². The first kappa shape index (κ1) is 19.4. The van der Waals surface area contributed by atoms with Gasteiger partial charge in [-0.05, 0) is 60.7 Å². The third kappa shape index (κ3) is 4.47. The second kappa shape index (κ2) is 9.01. The number of hydrogen-bond donors (Lipinski definition) is 1. The van der Waals surface area contributed by atoms with E-state index in [1.54, 1.807) is 35.9 Å². The minimum Gasteiger partial charge on any atom is -0.492 e. The van der Waals surface area contributed by atoms with Crippen LogP contribution in [0.4, 0.5) is 5.69 Å². The second-order valence-electron chi connectivity index (χ2n) is 5.71. The van der Waals surface area contributed by atoms with Gasteiger partial charge in [-0.15, -0.1) is 5.10 Å². The van der Waals surface area contributed by atoms with Crippen LogP contribution in [-0.2, 0) is 4.79 Å². The topological polar surface area (TPSA) is 106 Å². The second-order valence-corrected chi connectivity index (χ2v) is 7.02. The van der Waals surface area contributed by atoms with Crippen molar-refractivity contribution in [1.82, 2.24) is 20.2 Å². The number of aromatic nitrogens is 4. The molecule has 28 heavy (non-hydrogen) atoms. The van der Waals surface area contributed by atoms with Gasteiger partial charge in [-0.2, -0.15) is 9.94 Å². The van der Waals surface area contributed by atoms with Crippen LogP contribution in [0.25, 0.3) is 5.69 Å². The molecule has 3 aromatic rings. The molecule has 0 saturated carbocycles. The van der Waals surface area contributed by atoms with E-state index in [4.69, 9.17) is 10.00 Å². The Morgan fingerprint density at radius 3 is 2.75 bits per heavy atom. The maximum atomic E-state index is 12.5. The third-order valence-electron chi connectivity index (χ3n) is 3.77. The molecule has 0 bridgehead atoms. The summed E-state index contributed by atoms with van der Waals surface area (Å²) in [5.41, 5.74) is 1.86. The zero-order valence-corrected chi connectivity index (χ0v) is 16.2. The molecule has 2 aromatic carbocycles. The van der Waals surface area contributed by atoms with Gasteiger partial charge in [0.25, 0.3) is 0 Å². The fourth-order valence-corrected chi connectivity index (χ4v) is 3.20. The average Bonchev–Trinajstić information content (AvgIpc) is 3.17. The van der Waals surface area contributed by atoms with E-state index in [-0.39, 0.29) is 5.91 Å². The molecule has 9 heteroatoms. The van der Waals surface area contributed by atoms with Crippen molar-refractivity contribution >= 4 is 23.4 Å². The lowest BCUT2D eigenvalue weighted by Crippen LogP contribution is -2.23. The van der Waals surface area contributed by atoms with Crippen molar-refractivity contribution in [2.75, 3.05) is 11.9 Å². The number of tetrazole rings is 1. The molecule has 0 aliphatic carbocycles. The van der Waals surface area contributed by atoms with Crippen molar-refractivity contribution < 1.29 is 9.53 Å². The lowest BCUT2D eigenvalue weighted by Gasteiger charge is -2.13. The Balaban J connectivity index is 1.73. The van der Waals surface area contributed by atoms with Crippen LogP contribution in [0.15, 0.2) is 53.7 Å². The Labute approximate surface area is 166 Å². The SMILES string of the molecule is CCOc1ccccc1-n1nnnc1S[C@@H](C)C(=O)Nc1ccc(C#N)cc1. The van der Waals surface area contributed by atoms with Crippen LogP contribution in [0, 0.1) is 11.3 Å². The van der Waals surface area contributed by atoms with Crippen molar-refractivity contribution in [3.8, 4) is 17.5 Å². The highest BCUT2D eigenvalue weighted by atomic mass is 32.2. The largest absolute Gasteiger partial charge is 0.492 e. The summed E-state index contributed by atoms with van der Waals surface area (Å²) in [5.74, 6) is 0.469. The zero-order chi connectivity index (χ0) is 19.9. The first-order chi connectivity index (χ1) is 13.6. The van der Waals surface area contributed by atoms with Gasteiger partial charge in [0, 0.05) is 5.69 Å². The fourth-order valence-electron chi connectivity index (χ4n) is 2.40. The fraction of sp³-hybridized carbons (Fsp3) is 0.211. The van der Waals surface area contributed by atoms with Crippen LogP contribution in [0.1, 0.15) is 19.4 Å². The van der Waals surface area contributed by atoms with E-state index in [1.807, 2.05) is 37.3 Å². The lowest BCUT2D eigenvalue weighted by atomic mass is 10.2. The van der Waals surface area contributed by atoms with Crippen LogP contribution < -0.4 is 10.1 Å². The lowest BCUT2D eigenvalue weighted by molar-refractivity contribution is -0.115. The number of hydrogen-bond acceptors (Lipinski definition) is 7. The molecule has 8 nitrogen and oxygen atoms in total. The maximum absolute atomic E-state index is 12.5. The van der Waals surface area contributed by atoms with Crippen molar-refractivity contribution in [1.29, 1.82) is 5.26 Å². The standard InChI is InChI=1S/C19H18N6O2S/c1-3-27-17-7-5-4-6-16(17)25-19(22-23-24-25)28-13(2)18(26)21-15-10-8-14(12-20)9-11-15/h4-11,13H,3H2,1-2H3,(H,21,26)/t13-/m0/s1. The summed E-state index contributed by atoms with van der Waals surface area (Å²) in [7, 11) is 0. The first-order valence-electron chi connectivity index (χ1n) is 8.60. The average molecular weight is 394 g/mol. The summed E-state index contributed by atoms with van der Waals surface area (Å²) in [5, 5.41) is 23.5. The quantitative estimate of drug-likeness (QED) is 0.614. The Morgan fingerprint density at radius 1 is 1.29 bits per heavy atom. The molecule has 1 heterocycles. The van der Waals surface area contributed by atoms with Gasteiger partial charge in [-0.3, -0.25) is 4.79 Å². The minimum atomic E-state index is -0.445. The minimum absolute atomic E-state index is 0.192. The van der Waals surface area contributed by atoms with Crippen LogP contribution in [0.2, 0.25) is 0 Å². The molecule has 0 fully saturated rings. The Bertz CT molecular complexity index is 996. The Hall–Kier alpha value is -3.38. The van der Waals surface area contributed by atoms with Crippen LogP contribution in [0.5, 0.6) is 5.75 Å². The van der Waals surface area contributed by atoms with Gasteiger partial charge in [0.1, 0.15) is 11.4 Å². The zero-order valence-electron chi connectivity index (χ0n) is 15.4. The molecule has 1 atom stereocenters. The molecule has 0 unspecified atom stereocenters. The third-order valence-corrected chi connectivity index (χ3v) is 4.80. The predicted octanol–water partition coefficient (Wildman–Crippen LogP) is 3.05. The summed E-state index contributed by atoms with van der Waals surface area (Å²) in [4.78, 5) is 12.5. The first-order valence-corrected chi connectivity index (χ1v) is 9.48. The number of anilines is 1. The summed E-state index contributed by atoms with van der Waals surface area (Å²) < 4.78 is 7.19. The van der Waals surface area contributed by atoms with Gasteiger partial charge in [0.05, 0.1) is 23.5 Å². The van der Waals surface area contributed by atoms with Crippen molar-refractivity contribution in [2.45, 2.75) is 24.3 Å². The number of nitrogens with one attached hydrogen (secondary N) is 1. The van der Waals surface area contributed by atoms with Gasteiger partial charge in [0.2, 0.25) is 11.1 Å². The Kier molecular flexibility index (Phi) is 6.24. The highest BCUT2D eigenvalue weighted by Gasteiger charge is 2.20.